The van der Waals surface area contributed by atoms with Crippen LogP contribution in [0.25, 0.3) is 0 Å². The van der Waals surface area contributed by atoms with Crippen molar-refractivity contribution in [2.45, 2.75) is 57.2 Å². The van der Waals surface area contributed by atoms with Crippen molar-refractivity contribution in [1.82, 2.24) is 0 Å². The molecular formula is C24H27I2O3-. The van der Waals surface area contributed by atoms with Crippen LogP contribution in [0.5, 0.6) is 11.5 Å². The van der Waals surface area contributed by atoms with Crippen LogP contribution in [0.2, 0.25) is 0 Å². The Balaban J connectivity index is 1.54. The fraction of sp³-hybridized carbons (Fsp3) is 0.500. The summed E-state index contributed by atoms with van der Waals surface area (Å²) in [5.74, 6) is 2.71. The predicted molar refractivity (Wildman–Crippen MR) is 118 cm³/mol. The first kappa shape index (κ1) is 20.4. The third kappa shape index (κ3) is 3.49. The summed E-state index contributed by atoms with van der Waals surface area (Å²) in [6, 6.07) is 14.5. The van der Waals surface area contributed by atoms with E-state index in [1.54, 1.807) is 0 Å². The van der Waals surface area contributed by atoms with Crippen LogP contribution >= 0.6 is 18.6 Å². The molecule has 0 unspecified atom stereocenters. The molecule has 2 N–H and O–H groups in total. The third-order valence-electron chi connectivity index (χ3n) is 7.80. The molecule has 156 valence electrons. The quantitative estimate of drug-likeness (QED) is 0.521. The van der Waals surface area contributed by atoms with Crippen molar-refractivity contribution in [3.05, 3.63) is 57.2 Å². The van der Waals surface area contributed by atoms with E-state index in [0.29, 0.717) is 23.5 Å². The average Bonchev–Trinajstić information content (AvgIpc) is 3.02. The molecule has 3 aliphatic carbocycles. The topological polar surface area (TPSA) is 49.7 Å². The average molecular weight is 617 g/mol. The minimum atomic E-state index is -0.230. The fourth-order valence-electron chi connectivity index (χ4n) is 6.44. The van der Waals surface area contributed by atoms with Crippen LogP contribution < -0.4 is 22.0 Å². The Labute approximate surface area is 192 Å². The standard InChI is InChI=1S/C24H27I2O3/c1-24-13-21(29-17-6-3-15(26-25)4-7-17)23-18-9-5-16(27)12-14(18)2-8-19(23)20(24)10-11-22(24)28/h3-7,9,12,19-23,27-28H,2,8,10-11,13H2,1H3/q-1/t19-,20-,21-,22-,23+,24-/m0/s1. The summed E-state index contributed by atoms with van der Waals surface area (Å²) in [6.45, 7) is 2.29. The van der Waals surface area contributed by atoms with Crippen LogP contribution in [0, 0.1) is 20.8 Å². The second kappa shape index (κ2) is 7.86. The van der Waals surface area contributed by atoms with Crippen LogP contribution in [0.3, 0.4) is 0 Å². The Morgan fingerprint density at radius 1 is 1.10 bits per heavy atom. The van der Waals surface area contributed by atoms with Crippen LogP contribution in [-0.2, 0) is 6.42 Å². The van der Waals surface area contributed by atoms with E-state index in [2.05, 4.69) is 55.9 Å². The Kier molecular flexibility index (Phi) is 5.52. The molecule has 2 aromatic carbocycles. The number of aliphatic hydroxyl groups excluding tert-OH is 1. The van der Waals surface area contributed by atoms with E-state index in [1.807, 2.05) is 12.1 Å². The molecule has 0 bridgehead atoms. The maximum atomic E-state index is 10.9. The number of aromatic hydroxyl groups is 1. The first-order valence-electron chi connectivity index (χ1n) is 10.5. The number of benzene rings is 2. The van der Waals surface area contributed by atoms with Gasteiger partial charge in [-0.05, 0) is 0 Å². The summed E-state index contributed by atoms with van der Waals surface area (Å²) < 4.78 is 8.08. The Morgan fingerprint density at radius 2 is 1.90 bits per heavy atom. The molecule has 5 rings (SSSR count). The number of phenolic OH excluding ortho intramolecular Hbond substituents is 1. The van der Waals surface area contributed by atoms with E-state index in [9.17, 15) is 10.2 Å². The number of aliphatic hydroxyl groups is 1. The van der Waals surface area contributed by atoms with Gasteiger partial charge in [0.1, 0.15) is 0 Å². The van der Waals surface area contributed by atoms with Gasteiger partial charge in [-0.3, -0.25) is 0 Å². The number of hydrogen-bond donors (Lipinski definition) is 2. The molecule has 5 heteroatoms. The zero-order valence-corrected chi connectivity index (χ0v) is 20.8. The Bertz CT molecular complexity index is 899. The Hall–Kier alpha value is -0.540. The monoisotopic (exact) mass is 617 g/mol. The zero-order valence-electron chi connectivity index (χ0n) is 16.5. The number of hydrogen-bond acceptors (Lipinski definition) is 3. The van der Waals surface area contributed by atoms with Gasteiger partial charge in [0.15, 0.2) is 0 Å². The van der Waals surface area contributed by atoms with Crippen molar-refractivity contribution in [3.63, 3.8) is 0 Å². The van der Waals surface area contributed by atoms with Gasteiger partial charge in [0.2, 0.25) is 0 Å². The van der Waals surface area contributed by atoms with Crippen molar-refractivity contribution in [3.8, 4) is 11.5 Å². The van der Waals surface area contributed by atoms with Crippen molar-refractivity contribution < 1.29 is 32.2 Å². The number of halogens is 2. The third-order valence-corrected chi connectivity index (χ3v) is 12.1. The number of fused-ring (bicyclic) bond motifs is 5. The van der Waals surface area contributed by atoms with Gasteiger partial charge >= 0.3 is 194 Å². The van der Waals surface area contributed by atoms with Gasteiger partial charge in [-0.2, -0.15) is 0 Å². The second-order valence-corrected chi connectivity index (χ2v) is 13.6. The van der Waals surface area contributed by atoms with Crippen LogP contribution in [-0.4, -0.2) is 22.4 Å². The van der Waals surface area contributed by atoms with Gasteiger partial charge < -0.3 is 0 Å². The second-order valence-electron chi connectivity index (χ2n) is 9.20. The summed E-state index contributed by atoms with van der Waals surface area (Å²) >= 11 is 2.55. The summed E-state index contributed by atoms with van der Waals surface area (Å²) in [7, 11) is 0. The summed E-state index contributed by atoms with van der Waals surface area (Å²) in [6.07, 6.45) is 4.87. The van der Waals surface area contributed by atoms with E-state index >= 15 is 0 Å². The molecule has 0 aromatic heterocycles. The number of aryl methyl sites for hydroxylation is 1. The zero-order chi connectivity index (χ0) is 20.2. The molecule has 0 heterocycles. The van der Waals surface area contributed by atoms with Crippen molar-refractivity contribution in [2.75, 3.05) is 0 Å². The van der Waals surface area contributed by atoms with E-state index in [-0.39, 0.29) is 34.9 Å². The first-order chi connectivity index (χ1) is 14.0. The molecule has 0 spiro atoms. The van der Waals surface area contributed by atoms with Gasteiger partial charge in [-0.1, -0.05) is 0 Å². The number of rotatable bonds is 3. The maximum absolute atomic E-state index is 10.9. The summed E-state index contributed by atoms with van der Waals surface area (Å²) in [5, 5.41) is 20.9. The molecule has 0 amide bonds. The van der Waals surface area contributed by atoms with Crippen molar-refractivity contribution >= 4 is 18.6 Å². The molecule has 2 fully saturated rings. The van der Waals surface area contributed by atoms with Crippen LogP contribution in [0.4, 0.5) is 0 Å². The van der Waals surface area contributed by atoms with Crippen LogP contribution in [0.15, 0.2) is 42.5 Å². The Morgan fingerprint density at radius 3 is 2.66 bits per heavy atom. The summed E-state index contributed by atoms with van der Waals surface area (Å²) in [5.41, 5.74) is 2.56. The van der Waals surface area contributed by atoms with Crippen molar-refractivity contribution in [2.24, 2.45) is 17.3 Å². The predicted octanol–water partition coefficient (Wildman–Crippen LogP) is 2.28. The molecule has 0 saturated heterocycles. The van der Waals surface area contributed by atoms with Crippen molar-refractivity contribution in [1.29, 1.82) is 0 Å². The van der Waals surface area contributed by atoms with E-state index < -0.39 is 0 Å². The number of phenols is 1. The van der Waals surface area contributed by atoms with Gasteiger partial charge in [0.05, 0.1) is 0 Å². The van der Waals surface area contributed by atoms with E-state index in [0.717, 1.165) is 37.9 Å². The molecule has 29 heavy (non-hydrogen) atoms. The summed E-state index contributed by atoms with van der Waals surface area (Å²) in [4.78, 5) is 0. The molecule has 0 radical (unpaired) electrons. The molecule has 2 saturated carbocycles. The molecular weight excluding hydrogens is 590 g/mol. The first-order valence-corrected chi connectivity index (χ1v) is 17.9. The SMILES string of the molecule is C[C@]12C[C@H](Oc3ccc([I-]I)cc3)[C@@H]3c4ccc(O)cc4CC[C@H]3[C@@H]1CC[C@@H]2O. The normalized spacial score (nSPS) is 35.6. The van der Waals surface area contributed by atoms with Gasteiger partial charge in [-0.15, -0.1) is 0 Å². The molecule has 6 atom stereocenters. The van der Waals surface area contributed by atoms with E-state index in [4.69, 9.17) is 4.74 Å². The minimum absolute atomic E-state index is 0.0535. The molecule has 3 aliphatic rings. The van der Waals surface area contributed by atoms with Crippen LogP contribution in [0.1, 0.15) is 49.7 Å². The van der Waals surface area contributed by atoms with E-state index in [1.165, 1.54) is 14.7 Å². The van der Waals surface area contributed by atoms with Gasteiger partial charge in [-0.25, -0.2) is 0 Å². The molecule has 3 nitrogen and oxygen atoms in total. The fourth-order valence-corrected chi connectivity index (χ4v) is 8.89. The molecule has 2 aromatic rings. The number of ether oxygens (including phenoxy) is 1. The van der Waals surface area contributed by atoms with Gasteiger partial charge in [0.25, 0.3) is 0 Å². The van der Waals surface area contributed by atoms with Gasteiger partial charge in [0, 0.05) is 0 Å². The molecule has 0 aliphatic heterocycles.